The fourth-order valence-electron chi connectivity index (χ4n) is 1.49. The zero-order valence-electron chi connectivity index (χ0n) is 9.15. The predicted molar refractivity (Wildman–Crippen MR) is 68.7 cm³/mol. The van der Waals surface area contributed by atoms with Crippen molar-refractivity contribution in [3.05, 3.63) is 28.8 Å². The number of thioether (sulfide) groups is 1. The summed E-state index contributed by atoms with van der Waals surface area (Å²) in [5.74, 6) is 2.96. The Morgan fingerprint density at radius 3 is 2.81 bits per heavy atom. The molecule has 0 saturated carbocycles. The summed E-state index contributed by atoms with van der Waals surface area (Å²) in [6.45, 7) is 2.10. The molecular formula is C12H15ClO2S. The first-order valence-corrected chi connectivity index (χ1v) is 6.88. The first kappa shape index (κ1) is 12.1. The van der Waals surface area contributed by atoms with E-state index in [1.54, 1.807) is 0 Å². The monoisotopic (exact) mass is 258 g/mol. The van der Waals surface area contributed by atoms with Gasteiger partial charge >= 0.3 is 0 Å². The summed E-state index contributed by atoms with van der Waals surface area (Å²) in [5, 5.41) is 9.70. The van der Waals surface area contributed by atoms with Gasteiger partial charge in [-0.1, -0.05) is 24.6 Å². The third kappa shape index (κ3) is 2.65. The fourth-order valence-corrected chi connectivity index (χ4v) is 2.28. The third-order valence-corrected chi connectivity index (χ3v) is 4.21. The Hall–Kier alpha value is -0.380. The van der Waals surface area contributed by atoms with Gasteiger partial charge in [0.15, 0.2) is 0 Å². The zero-order chi connectivity index (χ0) is 11.5. The van der Waals surface area contributed by atoms with Gasteiger partial charge in [0.2, 0.25) is 0 Å². The van der Waals surface area contributed by atoms with Crippen molar-refractivity contribution >= 4 is 23.4 Å². The molecule has 2 nitrogen and oxygen atoms in total. The standard InChI is InChI=1S/C12H15ClO2S/c1-8(5-14)9-2-3-12(11(13)4-9)15-10-6-16-7-10/h2-4,8,10,14H,5-7H2,1H3. The maximum absolute atomic E-state index is 9.06. The van der Waals surface area contributed by atoms with Gasteiger partial charge in [0, 0.05) is 24.0 Å². The summed E-state index contributed by atoms with van der Waals surface area (Å²) < 4.78 is 5.73. The van der Waals surface area contributed by atoms with Crippen molar-refractivity contribution in [1.29, 1.82) is 0 Å². The number of hydrogen-bond acceptors (Lipinski definition) is 3. The van der Waals surface area contributed by atoms with Crippen LogP contribution in [0.15, 0.2) is 18.2 Å². The van der Waals surface area contributed by atoms with Gasteiger partial charge in [0.25, 0.3) is 0 Å². The van der Waals surface area contributed by atoms with Gasteiger partial charge < -0.3 is 9.84 Å². The molecule has 1 N–H and O–H groups in total. The number of ether oxygens (including phenoxy) is 1. The molecule has 1 heterocycles. The van der Waals surface area contributed by atoms with Crippen molar-refractivity contribution in [2.45, 2.75) is 18.9 Å². The molecule has 0 bridgehead atoms. The van der Waals surface area contributed by atoms with Gasteiger partial charge in [-0.15, -0.1) is 0 Å². The van der Waals surface area contributed by atoms with Gasteiger partial charge in [-0.3, -0.25) is 0 Å². The highest BCUT2D eigenvalue weighted by molar-refractivity contribution is 8.00. The molecule has 0 aliphatic carbocycles. The average Bonchev–Trinajstić information content (AvgIpc) is 2.23. The normalized spacial score (nSPS) is 17.9. The maximum Gasteiger partial charge on any atom is 0.138 e. The predicted octanol–water partition coefficient (Wildman–Crippen LogP) is 2.93. The Morgan fingerprint density at radius 2 is 2.31 bits per heavy atom. The maximum atomic E-state index is 9.06. The van der Waals surface area contributed by atoms with Gasteiger partial charge in [-0.25, -0.2) is 0 Å². The quantitative estimate of drug-likeness (QED) is 0.901. The molecule has 1 aliphatic heterocycles. The van der Waals surface area contributed by atoms with Gasteiger partial charge in [0.05, 0.1) is 5.02 Å². The van der Waals surface area contributed by atoms with Crippen LogP contribution in [0.5, 0.6) is 5.75 Å². The van der Waals surface area contributed by atoms with Crippen LogP contribution in [0.4, 0.5) is 0 Å². The van der Waals surface area contributed by atoms with Gasteiger partial charge in [0.1, 0.15) is 11.9 Å². The van der Waals surface area contributed by atoms with E-state index in [1.807, 2.05) is 36.9 Å². The number of hydrogen-bond donors (Lipinski definition) is 1. The van der Waals surface area contributed by atoms with Crippen molar-refractivity contribution in [2.75, 3.05) is 18.1 Å². The van der Waals surface area contributed by atoms with Crippen LogP contribution in [0.1, 0.15) is 18.4 Å². The van der Waals surface area contributed by atoms with Crippen LogP contribution < -0.4 is 4.74 Å². The molecule has 0 spiro atoms. The zero-order valence-corrected chi connectivity index (χ0v) is 10.7. The van der Waals surface area contributed by atoms with E-state index in [4.69, 9.17) is 21.4 Å². The van der Waals surface area contributed by atoms with E-state index < -0.39 is 0 Å². The van der Waals surface area contributed by atoms with E-state index in [9.17, 15) is 0 Å². The van der Waals surface area contributed by atoms with Crippen molar-refractivity contribution in [3.63, 3.8) is 0 Å². The third-order valence-electron chi connectivity index (χ3n) is 2.70. The molecule has 1 unspecified atom stereocenters. The lowest BCUT2D eigenvalue weighted by atomic mass is 10.0. The van der Waals surface area contributed by atoms with Crippen molar-refractivity contribution in [3.8, 4) is 5.75 Å². The first-order valence-electron chi connectivity index (χ1n) is 5.35. The molecule has 88 valence electrons. The van der Waals surface area contributed by atoms with Crippen LogP contribution in [-0.2, 0) is 0 Å². The van der Waals surface area contributed by atoms with Crippen LogP contribution in [0, 0.1) is 0 Å². The molecule has 16 heavy (non-hydrogen) atoms. The van der Waals surface area contributed by atoms with E-state index >= 15 is 0 Å². The lowest BCUT2D eigenvalue weighted by Gasteiger charge is -2.26. The van der Waals surface area contributed by atoms with Crippen molar-refractivity contribution < 1.29 is 9.84 Å². The minimum atomic E-state index is 0.116. The molecule has 1 aromatic rings. The molecule has 0 radical (unpaired) electrons. The lowest BCUT2D eigenvalue weighted by Crippen LogP contribution is -2.31. The Kier molecular flexibility index (Phi) is 4.00. The highest BCUT2D eigenvalue weighted by atomic mass is 35.5. The summed E-state index contributed by atoms with van der Waals surface area (Å²) in [4.78, 5) is 0. The lowest BCUT2D eigenvalue weighted by molar-refractivity contribution is 0.240. The minimum Gasteiger partial charge on any atom is -0.487 e. The Labute approximate surface area is 105 Å². The molecule has 4 heteroatoms. The molecule has 0 aromatic heterocycles. The average molecular weight is 259 g/mol. The smallest absolute Gasteiger partial charge is 0.138 e. The van der Waals surface area contributed by atoms with E-state index in [0.29, 0.717) is 11.1 Å². The van der Waals surface area contributed by atoms with Crippen LogP contribution >= 0.6 is 23.4 Å². The van der Waals surface area contributed by atoms with E-state index in [-0.39, 0.29) is 12.5 Å². The van der Waals surface area contributed by atoms with Crippen LogP contribution in [0.2, 0.25) is 5.02 Å². The molecule has 2 rings (SSSR count). The summed E-state index contributed by atoms with van der Waals surface area (Å²) in [6, 6.07) is 5.74. The summed E-state index contributed by atoms with van der Waals surface area (Å²) >= 11 is 8.02. The largest absolute Gasteiger partial charge is 0.487 e. The van der Waals surface area contributed by atoms with E-state index in [2.05, 4.69) is 0 Å². The van der Waals surface area contributed by atoms with Crippen LogP contribution in [0.25, 0.3) is 0 Å². The topological polar surface area (TPSA) is 29.5 Å². The second-order valence-corrected chi connectivity index (χ2v) is 5.53. The molecule has 1 fully saturated rings. The van der Waals surface area contributed by atoms with Crippen LogP contribution in [0.3, 0.4) is 0 Å². The Balaban J connectivity index is 2.09. The van der Waals surface area contributed by atoms with Gasteiger partial charge in [-0.05, 0) is 17.7 Å². The summed E-state index contributed by atoms with van der Waals surface area (Å²) in [7, 11) is 0. The molecule has 1 aromatic carbocycles. The highest BCUT2D eigenvalue weighted by Crippen LogP contribution is 2.31. The molecule has 1 aliphatic rings. The van der Waals surface area contributed by atoms with Crippen LogP contribution in [-0.4, -0.2) is 29.3 Å². The number of benzene rings is 1. The molecule has 1 saturated heterocycles. The van der Waals surface area contributed by atoms with Gasteiger partial charge in [-0.2, -0.15) is 11.8 Å². The SMILES string of the molecule is CC(CO)c1ccc(OC2CSC2)c(Cl)c1. The van der Waals surface area contributed by atoms with E-state index in [1.165, 1.54) is 0 Å². The molecule has 1 atom stereocenters. The number of aliphatic hydroxyl groups excluding tert-OH is 1. The number of aliphatic hydroxyl groups is 1. The first-order chi connectivity index (χ1) is 7.70. The summed E-state index contributed by atoms with van der Waals surface area (Å²) in [5.41, 5.74) is 1.04. The Bertz CT molecular complexity index is 366. The van der Waals surface area contributed by atoms with Crippen molar-refractivity contribution in [1.82, 2.24) is 0 Å². The Morgan fingerprint density at radius 1 is 1.56 bits per heavy atom. The molecule has 0 amide bonds. The fraction of sp³-hybridized carbons (Fsp3) is 0.500. The number of halogens is 1. The summed E-state index contributed by atoms with van der Waals surface area (Å²) in [6.07, 6.45) is 0.309. The minimum absolute atomic E-state index is 0.116. The number of rotatable bonds is 4. The molecular weight excluding hydrogens is 244 g/mol. The van der Waals surface area contributed by atoms with Crippen molar-refractivity contribution in [2.24, 2.45) is 0 Å². The second kappa shape index (κ2) is 5.30. The second-order valence-electron chi connectivity index (χ2n) is 4.05. The van der Waals surface area contributed by atoms with E-state index in [0.717, 1.165) is 22.8 Å². The highest BCUT2D eigenvalue weighted by Gasteiger charge is 2.21.